The Labute approximate surface area is 118 Å². The molecule has 3 nitrogen and oxygen atoms in total. The standard InChI is InChI=1S/C16H31N3/c1-4-16(5-2)12-19(13(3)10-17-16)15-8-9-18(11-15)14-6-7-14/h13-15,17H,4-12H2,1-3H3. The van der Waals surface area contributed by atoms with Gasteiger partial charge in [-0.1, -0.05) is 13.8 Å². The van der Waals surface area contributed by atoms with Gasteiger partial charge in [0.2, 0.25) is 0 Å². The van der Waals surface area contributed by atoms with Crippen molar-refractivity contribution in [3.8, 4) is 0 Å². The second-order valence-corrected chi connectivity index (χ2v) is 7.06. The van der Waals surface area contributed by atoms with E-state index in [-0.39, 0.29) is 0 Å². The fourth-order valence-corrected chi connectivity index (χ4v) is 4.07. The van der Waals surface area contributed by atoms with Crippen LogP contribution in [0.25, 0.3) is 0 Å². The molecule has 1 saturated carbocycles. The Bertz CT molecular complexity index is 309. The van der Waals surface area contributed by atoms with E-state index < -0.39 is 0 Å². The van der Waals surface area contributed by atoms with Crippen molar-refractivity contribution >= 4 is 0 Å². The largest absolute Gasteiger partial charge is 0.308 e. The van der Waals surface area contributed by atoms with Crippen molar-refractivity contribution in [2.75, 3.05) is 26.2 Å². The summed E-state index contributed by atoms with van der Waals surface area (Å²) in [6.45, 7) is 12.2. The molecule has 0 amide bonds. The van der Waals surface area contributed by atoms with Crippen LogP contribution in [-0.2, 0) is 0 Å². The van der Waals surface area contributed by atoms with Gasteiger partial charge in [0.25, 0.3) is 0 Å². The third-order valence-electron chi connectivity index (χ3n) is 5.90. The maximum atomic E-state index is 3.83. The van der Waals surface area contributed by atoms with Crippen LogP contribution in [-0.4, -0.2) is 59.6 Å². The van der Waals surface area contributed by atoms with Crippen LogP contribution in [0.15, 0.2) is 0 Å². The Balaban J connectivity index is 1.64. The average Bonchev–Trinajstić information content (AvgIpc) is 3.18. The highest BCUT2D eigenvalue weighted by Crippen LogP contribution is 2.33. The van der Waals surface area contributed by atoms with E-state index in [0.29, 0.717) is 11.6 Å². The lowest BCUT2D eigenvalue weighted by molar-refractivity contribution is 0.0464. The van der Waals surface area contributed by atoms with Crippen LogP contribution in [0.1, 0.15) is 52.9 Å². The van der Waals surface area contributed by atoms with E-state index in [1.54, 1.807) is 0 Å². The Hall–Kier alpha value is -0.120. The van der Waals surface area contributed by atoms with Gasteiger partial charge in [-0.2, -0.15) is 0 Å². The van der Waals surface area contributed by atoms with Gasteiger partial charge in [-0.05, 0) is 39.0 Å². The molecule has 0 radical (unpaired) electrons. The summed E-state index contributed by atoms with van der Waals surface area (Å²) >= 11 is 0. The van der Waals surface area contributed by atoms with E-state index in [1.807, 2.05) is 0 Å². The van der Waals surface area contributed by atoms with E-state index in [0.717, 1.165) is 12.1 Å². The summed E-state index contributed by atoms with van der Waals surface area (Å²) in [6.07, 6.45) is 6.82. The molecule has 0 aromatic rings. The lowest BCUT2D eigenvalue weighted by Crippen LogP contribution is -2.65. The minimum absolute atomic E-state index is 0.375. The van der Waals surface area contributed by atoms with E-state index >= 15 is 0 Å². The molecule has 110 valence electrons. The first-order valence-electron chi connectivity index (χ1n) is 8.42. The maximum absolute atomic E-state index is 3.83. The van der Waals surface area contributed by atoms with Gasteiger partial charge >= 0.3 is 0 Å². The van der Waals surface area contributed by atoms with Crippen LogP contribution in [0.3, 0.4) is 0 Å². The summed E-state index contributed by atoms with van der Waals surface area (Å²) in [5.41, 5.74) is 0.375. The number of nitrogens with one attached hydrogen (secondary N) is 1. The van der Waals surface area contributed by atoms with Crippen molar-refractivity contribution in [1.29, 1.82) is 0 Å². The molecular weight excluding hydrogens is 234 g/mol. The van der Waals surface area contributed by atoms with Crippen LogP contribution in [0.2, 0.25) is 0 Å². The molecular formula is C16H31N3. The first-order chi connectivity index (χ1) is 9.17. The van der Waals surface area contributed by atoms with Gasteiger partial charge in [0.15, 0.2) is 0 Å². The van der Waals surface area contributed by atoms with Crippen molar-refractivity contribution in [1.82, 2.24) is 15.1 Å². The summed E-state index contributed by atoms with van der Waals surface area (Å²) in [4.78, 5) is 5.57. The fraction of sp³-hybridized carbons (Fsp3) is 1.00. The minimum atomic E-state index is 0.375. The molecule has 3 fully saturated rings. The van der Waals surface area contributed by atoms with Gasteiger partial charge in [0.1, 0.15) is 0 Å². The number of hydrogen-bond donors (Lipinski definition) is 1. The zero-order chi connectivity index (χ0) is 13.5. The molecule has 2 atom stereocenters. The molecule has 0 bridgehead atoms. The second kappa shape index (κ2) is 5.34. The van der Waals surface area contributed by atoms with Crippen molar-refractivity contribution in [2.45, 2.75) is 76.5 Å². The molecule has 3 rings (SSSR count). The SMILES string of the molecule is CCC1(CC)CN(C2CCN(C3CC3)C2)C(C)CN1. The summed E-state index contributed by atoms with van der Waals surface area (Å²) in [5.74, 6) is 0. The maximum Gasteiger partial charge on any atom is 0.0304 e. The topological polar surface area (TPSA) is 18.5 Å². The van der Waals surface area contributed by atoms with Crippen LogP contribution >= 0.6 is 0 Å². The highest BCUT2D eigenvalue weighted by molar-refractivity contribution is 5.00. The third kappa shape index (κ3) is 2.70. The molecule has 2 aliphatic heterocycles. The lowest BCUT2D eigenvalue weighted by Gasteiger charge is -2.49. The van der Waals surface area contributed by atoms with Gasteiger partial charge in [0, 0.05) is 49.8 Å². The van der Waals surface area contributed by atoms with E-state index in [1.165, 1.54) is 58.3 Å². The number of rotatable bonds is 4. The molecule has 0 aromatic heterocycles. The van der Waals surface area contributed by atoms with Crippen molar-refractivity contribution in [2.24, 2.45) is 0 Å². The Kier molecular flexibility index (Phi) is 3.89. The normalized spacial score (nSPS) is 36.8. The van der Waals surface area contributed by atoms with Crippen LogP contribution in [0.5, 0.6) is 0 Å². The number of piperazine rings is 1. The predicted molar refractivity (Wildman–Crippen MR) is 80.5 cm³/mol. The molecule has 0 aromatic carbocycles. The molecule has 1 aliphatic carbocycles. The number of nitrogens with zero attached hydrogens (tertiary/aromatic N) is 2. The highest BCUT2D eigenvalue weighted by atomic mass is 15.3. The van der Waals surface area contributed by atoms with E-state index in [9.17, 15) is 0 Å². The van der Waals surface area contributed by atoms with Crippen LogP contribution in [0.4, 0.5) is 0 Å². The van der Waals surface area contributed by atoms with Gasteiger partial charge in [0.05, 0.1) is 0 Å². The van der Waals surface area contributed by atoms with Gasteiger partial charge in [-0.25, -0.2) is 0 Å². The smallest absolute Gasteiger partial charge is 0.0304 e. The molecule has 3 aliphatic rings. The summed E-state index contributed by atoms with van der Waals surface area (Å²) in [7, 11) is 0. The predicted octanol–water partition coefficient (Wildman–Crippen LogP) is 2.08. The number of likely N-dealkylation sites (tertiary alicyclic amines) is 1. The summed E-state index contributed by atoms with van der Waals surface area (Å²) in [6, 6.07) is 2.47. The Morgan fingerprint density at radius 1 is 1.11 bits per heavy atom. The van der Waals surface area contributed by atoms with E-state index in [4.69, 9.17) is 0 Å². The molecule has 19 heavy (non-hydrogen) atoms. The molecule has 2 saturated heterocycles. The zero-order valence-corrected chi connectivity index (χ0v) is 13.0. The fourth-order valence-electron chi connectivity index (χ4n) is 4.07. The first kappa shape index (κ1) is 13.8. The minimum Gasteiger partial charge on any atom is -0.308 e. The Morgan fingerprint density at radius 2 is 1.84 bits per heavy atom. The number of hydrogen-bond acceptors (Lipinski definition) is 3. The van der Waals surface area contributed by atoms with Gasteiger partial charge in [-0.3, -0.25) is 9.80 Å². The van der Waals surface area contributed by atoms with Crippen molar-refractivity contribution in [3.63, 3.8) is 0 Å². The molecule has 2 heterocycles. The Morgan fingerprint density at radius 3 is 2.47 bits per heavy atom. The molecule has 1 N–H and O–H groups in total. The van der Waals surface area contributed by atoms with Gasteiger partial charge < -0.3 is 5.32 Å². The van der Waals surface area contributed by atoms with Crippen molar-refractivity contribution in [3.05, 3.63) is 0 Å². The second-order valence-electron chi connectivity index (χ2n) is 7.06. The average molecular weight is 265 g/mol. The monoisotopic (exact) mass is 265 g/mol. The summed E-state index contributed by atoms with van der Waals surface area (Å²) < 4.78 is 0. The molecule has 2 unspecified atom stereocenters. The first-order valence-corrected chi connectivity index (χ1v) is 8.42. The third-order valence-corrected chi connectivity index (χ3v) is 5.90. The quantitative estimate of drug-likeness (QED) is 0.839. The summed E-state index contributed by atoms with van der Waals surface area (Å²) in [5, 5.41) is 3.83. The van der Waals surface area contributed by atoms with Crippen LogP contribution in [0, 0.1) is 0 Å². The zero-order valence-electron chi connectivity index (χ0n) is 13.0. The van der Waals surface area contributed by atoms with E-state index in [2.05, 4.69) is 35.9 Å². The van der Waals surface area contributed by atoms with Crippen molar-refractivity contribution < 1.29 is 0 Å². The van der Waals surface area contributed by atoms with Crippen LogP contribution < -0.4 is 5.32 Å². The highest BCUT2D eigenvalue weighted by Gasteiger charge is 2.42. The lowest BCUT2D eigenvalue weighted by atomic mass is 9.88. The van der Waals surface area contributed by atoms with Gasteiger partial charge in [-0.15, -0.1) is 0 Å². The molecule has 3 heteroatoms. The molecule has 0 spiro atoms.